The first kappa shape index (κ1) is 10.9. The van der Waals surface area contributed by atoms with Gasteiger partial charge in [-0.15, -0.1) is 0 Å². The van der Waals surface area contributed by atoms with Crippen LogP contribution in [0, 0.1) is 5.41 Å². The largest absolute Gasteiger partial charge is 0.350 e. The van der Waals surface area contributed by atoms with Gasteiger partial charge in [-0.25, -0.2) is 10.2 Å². The second-order valence-corrected chi connectivity index (χ2v) is 3.47. The van der Waals surface area contributed by atoms with Gasteiger partial charge >= 0.3 is 6.03 Å². The molecule has 0 spiro atoms. The molecule has 0 saturated carbocycles. The Kier molecular flexibility index (Phi) is 4.33. The molecule has 0 aromatic carbocycles. The van der Waals surface area contributed by atoms with Gasteiger partial charge in [0.2, 0.25) is 0 Å². The molecule has 0 aromatic rings. The molecule has 0 fully saturated rings. The van der Waals surface area contributed by atoms with Crippen LogP contribution in [0.1, 0.15) is 33.6 Å². The molecule has 0 aromatic heterocycles. The Morgan fingerprint density at radius 3 is 2.67 bits per heavy atom. The summed E-state index contributed by atoms with van der Waals surface area (Å²) in [5, 5.41) is 3.71. The predicted molar refractivity (Wildman–Crippen MR) is 49.9 cm³/mol. The van der Waals surface area contributed by atoms with Gasteiger partial charge in [-0.05, 0) is 6.42 Å². The molecule has 4 heteroatoms. The Balaban J connectivity index is 3.86. The molecule has 0 aliphatic carbocycles. The molecular formula is C8H17N3O. The zero-order valence-corrected chi connectivity index (χ0v) is 7.92. The second-order valence-electron chi connectivity index (χ2n) is 3.47. The van der Waals surface area contributed by atoms with Crippen molar-refractivity contribution in [3.63, 3.8) is 0 Å². The maximum Gasteiger partial charge on any atom is 0.332 e. The molecule has 0 bridgehead atoms. The highest BCUT2D eigenvalue weighted by molar-refractivity contribution is 5.73. The first-order valence-corrected chi connectivity index (χ1v) is 4.07. The number of nitrogens with two attached hydrogens (primary N) is 1. The summed E-state index contributed by atoms with van der Waals surface area (Å²) in [5.41, 5.74) is 7.03. The van der Waals surface area contributed by atoms with E-state index < -0.39 is 6.03 Å². The highest BCUT2D eigenvalue weighted by atomic mass is 16.2. The Morgan fingerprint density at radius 1 is 1.67 bits per heavy atom. The molecule has 0 heterocycles. The van der Waals surface area contributed by atoms with E-state index in [0.717, 1.165) is 12.8 Å². The van der Waals surface area contributed by atoms with Crippen molar-refractivity contribution in [3.8, 4) is 0 Å². The van der Waals surface area contributed by atoms with E-state index in [1.807, 2.05) is 0 Å². The number of primary amides is 1. The molecule has 0 aliphatic heterocycles. The molecule has 0 atom stereocenters. The number of nitrogens with zero attached hydrogens (tertiary/aromatic N) is 1. The minimum Gasteiger partial charge on any atom is -0.350 e. The smallest absolute Gasteiger partial charge is 0.332 e. The third-order valence-corrected chi connectivity index (χ3v) is 1.48. The van der Waals surface area contributed by atoms with Gasteiger partial charge in [0.15, 0.2) is 0 Å². The van der Waals surface area contributed by atoms with E-state index in [1.165, 1.54) is 0 Å². The molecule has 0 rings (SSSR count). The Bertz CT molecular complexity index is 175. The topological polar surface area (TPSA) is 67.5 Å². The molecule has 70 valence electrons. The van der Waals surface area contributed by atoms with Crippen LogP contribution in [0.3, 0.4) is 0 Å². The van der Waals surface area contributed by atoms with Gasteiger partial charge in [0.25, 0.3) is 0 Å². The fourth-order valence-corrected chi connectivity index (χ4v) is 0.980. The number of urea groups is 1. The molecule has 12 heavy (non-hydrogen) atoms. The number of carbonyl (C=O) groups excluding carboxylic acids is 1. The van der Waals surface area contributed by atoms with Gasteiger partial charge in [0.05, 0.1) is 0 Å². The molecule has 0 radical (unpaired) electrons. The summed E-state index contributed by atoms with van der Waals surface area (Å²) in [5.74, 6) is 0. The van der Waals surface area contributed by atoms with Crippen LogP contribution < -0.4 is 11.2 Å². The normalized spacial score (nSPS) is 11.9. The lowest BCUT2D eigenvalue weighted by Crippen LogP contribution is -2.26. The monoisotopic (exact) mass is 171 g/mol. The molecule has 4 nitrogen and oxygen atoms in total. The van der Waals surface area contributed by atoms with Gasteiger partial charge in [0.1, 0.15) is 0 Å². The van der Waals surface area contributed by atoms with E-state index in [9.17, 15) is 4.79 Å². The average molecular weight is 171 g/mol. The van der Waals surface area contributed by atoms with E-state index >= 15 is 0 Å². The zero-order valence-electron chi connectivity index (χ0n) is 7.92. The fraction of sp³-hybridized carbons (Fsp3) is 0.750. The first-order valence-electron chi connectivity index (χ1n) is 4.07. The van der Waals surface area contributed by atoms with Crippen molar-refractivity contribution in [3.05, 3.63) is 0 Å². The number of carbonyl (C=O) groups is 1. The number of amides is 2. The summed E-state index contributed by atoms with van der Waals surface area (Å²) < 4.78 is 0. The molecule has 2 amide bonds. The van der Waals surface area contributed by atoms with Crippen LogP contribution in [0.15, 0.2) is 5.10 Å². The fourth-order valence-electron chi connectivity index (χ4n) is 0.980. The predicted octanol–water partition coefficient (Wildman–Crippen LogP) is 1.47. The van der Waals surface area contributed by atoms with Crippen molar-refractivity contribution in [1.82, 2.24) is 5.43 Å². The van der Waals surface area contributed by atoms with E-state index in [0.29, 0.717) is 0 Å². The molecule has 3 N–H and O–H groups in total. The number of hydrogen-bond acceptors (Lipinski definition) is 2. The van der Waals surface area contributed by atoms with Gasteiger partial charge in [-0.3, -0.25) is 0 Å². The zero-order chi connectivity index (χ0) is 9.61. The van der Waals surface area contributed by atoms with Crippen LogP contribution >= 0.6 is 0 Å². The Labute approximate surface area is 73.2 Å². The van der Waals surface area contributed by atoms with E-state index in [4.69, 9.17) is 5.73 Å². The molecular weight excluding hydrogens is 154 g/mol. The SMILES string of the molecule is CCCC(C)(C)/C=N\NC(N)=O. The number of nitrogens with one attached hydrogen (secondary N) is 1. The number of hydrogen-bond donors (Lipinski definition) is 2. The van der Waals surface area contributed by atoms with Crippen molar-refractivity contribution in [2.45, 2.75) is 33.6 Å². The lowest BCUT2D eigenvalue weighted by Gasteiger charge is -2.16. The second kappa shape index (κ2) is 4.74. The van der Waals surface area contributed by atoms with Crippen molar-refractivity contribution < 1.29 is 4.79 Å². The van der Waals surface area contributed by atoms with Crippen LogP contribution in [-0.2, 0) is 0 Å². The van der Waals surface area contributed by atoms with Gasteiger partial charge < -0.3 is 5.73 Å². The van der Waals surface area contributed by atoms with E-state index in [2.05, 4.69) is 31.3 Å². The standard InChI is InChI=1S/C8H17N3O/c1-4-5-8(2,3)6-10-11-7(9)12/h6H,4-5H2,1-3H3,(H3,9,11,12)/b10-6-. The highest BCUT2D eigenvalue weighted by Crippen LogP contribution is 2.18. The quantitative estimate of drug-likeness (QED) is 0.488. The van der Waals surface area contributed by atoms with Crippen molar-refractivity contribution in [2.24, 2.45) is 16.3 Å². The maximum absolute atomic E-state index is 10.2. The molecule has 0 saturated heterocycles. The van der Waals surface area contributed by atoms with Crippen LogP contribution in [0.25, 0.3) is 0 Å². The van der Waals surface area contributed by atoms with Crippen LogP contribution in [0.4, 0.5) is 4.79 Å². The lowest BCUT2D eigenvalue weighted by atomic mass is 9.90. The third kappa shape index (κ3) is 5.70. The van der Waals surface area contributed by atoms with E-state index in [-0.39, 0.29) is 5.41 Å². The molecule has 0 aliphatic rings. The summed E-state index contributed by atoms with van der Waals surface area (Å²) in [6, 6.07) is -0.626. The van der Waals surface area contributed by atoms with Gasteiger partial charge in [0, 0.05) is 11.6 Å². The summed E-state index contributed by atoms with van der Waals surface area (Å²) in [7, 11) is 0. The van der Waals surface area contributed by atoms with E-state index in [1.54, 1.807) is 6.21 Å². The Morgan fingerprint density at radius 2 is 2.25 bits per heavy atom. The minimum absolute atomic E-state index is 0.0250. The Hall–Kier alpha value is -1.06. The van der Waals surface area contributed by atoms with Gasteiger partial charge in [-0.1, -0.05) is 27.2 Å². The van der Waals surface area contributed by atoms with Crippen LogP contribution in [0.5, 0.6) is 0 Å². The number of rotatable bonds is 4. The van der Waals surface area contributed by atoms with Crippen LogP contribution in [0.2, 0.25) is 0 Å². The highest BCUT2D eigenvalue weighted by Gasteiger charge is 2.12. The van der Waals surface area contributed by atoms with Crippen molar-refractivity contribution in [2.75, 3.05) is 0 Å². The first-order chi connectivity index (χ1) is 5.48. The summed E-state index contributed by atoms with van der Waals surface area (Å²) in [4.78, 5) is 10.2. The third-order valence-electron chi connectivity index (χ3n) is 1.48. The minimum atomic E-state index is -0.626. The lowest BCUT2D eigenvalue weighted by molar-refractivity contribution is 0.249. The maximum atomic E-state index is 10.2. The van der Waals surface area contributed by atoms with Crippen LogP contribution in [-0.4, -0.2) is 12.2 Å². The summed E-state index contributed by atoms with van der Waals surface area (Å²) >= 11 is 0. The van der Waals surface area contributed by atoms with Crippen molar-refractivity contribution in [1.29, 1.82) is 0 Å². The average Bonchev–Trinajstić information content (AvgIpc) is 1.85. The summed E-state index contributed by atoms with van der Waals surface area (Å²) in [6.45, 7) is 6.22. The number of hydrazone groups is 1. The summed E-state index contributed by atoms with van der Waals surface area (Å²) in [6.07, 6.45) is 3.84. The molecule has 0 unspecified atom stereocenters. The van der Waals surface area contributed by atoms with Gasteiger partial charge in [-0.2, -0.15) is 5.10 Å². The van der Waals surface area contributed by atoms with Crippen molar-refractivity contribution >= 4 is 12.2 Å².